The summed E-state index contributed by atoms with van der Waals surface area (Å²) in [6, 6.07) is 38.4. The number of hydrogen-bond donors (Lipinski definition) is 0. The minimum Gasteiger partial charge on any atom is -0.402 e. The van der Waals surface area contributed by atoms with Crippen molar-refractivity contribution in [1.29, 1.82) is 0 Å². The zero-order valence-corrected chi connectivity index (χ0v) is 23.2. The number of benzene rings is 4. The van der Waals surface area contributed by atoms with Gasteiger partial charge in [-0.1, -0.05) is 109 Å². The van der Waals surface area contributed by atoms with Crippen LogP contribution in [0.3, 0.4) is 0 Å². The van der Waals surface area contributed by atoms with Gasteiger partial charge in [-0.25, -0.2) is 8.42 Å². The summed E-state index contributed by atoms with van der Waals surface area (Å²) in [6.45, 7) is 5.09. The summed E-state index contributed by atoms with van der Waals surface area (Å²) < 4.78 is 40.7. The van der Waals surface area contributed by atoms with E-state index in [4.69, 9.17) is 9.16 Å². The Morgan fingerprint density at radius 1 is 0.676 bits per heavy atom. The van der Waals surface area contributed by atoms with Gasteiger partial charge in [0.05, 0.1) is 22.5 Å². The van der Waals surface area contributed by atoms with Crippen molar-refractivity contribution in [2.45, 2.75) is 37.4 Å². The maximum atomic E-state index is 13.8. The van der Waals surface area contributed by atoms with Crippen LogP contribution in [0.15, 0.2) is 126 Å². The van der Waals surface area contributed by atoms with E-state index in [1.165, 1.54) is 0 Å². The number of sulfone groups is 1. The van der Waals surface area contributed by atoms with Crippen molar-refractivity contribution in [3.05, 3.63) is 127 Å². The van der Waals surface area contributed by atoms with E-state index in [0.29, 0.717) is 24.5 Å². The van der Waals surface area contributed by atoms with Crippen LogP contribution in [0.2, 0.25) is 0 Å². The van der Waals surface area contributed by atoms with Crippen LogP contribution in [0.5, 0.6) is 0 Å². The van der Waals surface area contributed by atoms with Crippen molar-refractivity contribution in [2.75, 3.05) is 12.0 Å². The number of rotatable bonds is 12. The van der Waals surface area contributed by atoms with E-state index in [1.54, 1.807) is 24.3 Å². The lowest BCUT2D eigenvalue weighted by atomic mass is 10.1. The molecule has 0 amide bonds. The van der Waals surface area contributed by atoms with Gasteiger partial charge in [-0.3, -0.25) is 0 Å². The van der Waals surface area contributed by atoms with Gasteiger partial charge in [0, 0.05) is 6.61 Å². The third-order valence-corrected chi connectivity index (χ3v) is 14.0. The molecule has 0 saturated heterocycles. The van der Waals surface area contributed by atoms with Gasteiger partial charge in [-0.2, -0.15) is 0 Å². The van der Waals surface area contributed by atoms with Gasteiger partial charge in [0.25, 0.3) is 8.32 Å². The second-order valence-corrected chi connectivity index (χ2v) is 15.6. The van der Waals surface area contributed by atoms with Gasteiger partial charge in [-0.05, 0) is 48.3 Å². The van der Waals surface area contributed by atoms with Crippen LogP contribution in [0, 0.1) is 0 Å². The zero-order valence-electron chi connectivity index (χ0n) is 21.4. The van der Waals surface area contributed by atoms with Crippen LogP contribution in [0.1, 0.15) is 25.8 Å². The first kappa shape index (κ1) is 27.0. The Bertz CT molecular complexity index is 1300. The minimum atomic E-state index is -3.64. The molecular weight excluding hydrogens is 496 g/mol. The van der Waals surface area contributed by atoms with Crippen molar-refractivity contribution in [2.24, 2.45) is 0 Å². The first-order valence-corrected chi connectivity index (χ1v) is 16.3. The molecule has 0 heterocycles. The molecule has 6 heteroatoms. The van der Waals surface area contributed by atoms with Crippen LogP contribution in [0.4, 0.5) is 0 Å². The van der Waals surface area contributed by atoms with Gasteiger partial charge >= 0.3 is 0 Å². The lowest BCUT2D eigenvalue weighted by Gasteiger charge is -2.40. The molecule has 0 unspecified atom stereocenters. The molecule has 0 aliphatic heterocycles. The predicted octanol–water partition coefficient (Wildman–Crippen LogP) is 5.16. The Labute approximate surface area is 222 Å². The molecule has 0 fully saturated rings. The van der Waals surface area contributed by atoms with E-state index < -0.39 is 23.8 Å². The van der Waals surface area contributed by atoms with Crippen LogP contribution in [0.25, 0.3) is 0 Å². The van der Waals surface area contributed by atoms with E-state index in [9.17, 15) is 8.42 Å². The monoisotopic (exact) mass is 530 g/mol. The summed E-state index contributed by atoms with van der Waals surface area (Å²) in [6.07, 6.45) is 0.625. The topological polar surface area (TPSA) is 52.6 Å². The molecule has 0 atom stereocenters. The zero-order chi connectivity index (χ0) is 26.2. The first-order valence-electron chi connectivity index (χ1n) is 12.5. The third kappa shape index (κ3) is 7.05. The van der Waals surface area contributed by atoms with E-state index in [1.807, 2.05) is 111 Å². The summed E-state index contributed by atoms with van der Waals surface area (Å²) in [5, 5.41) is 1.77. The van der Waals surface area contributed by atoms with Crippen LogP contribution in [-0.2, 0) is 25.6 Å². The maximum absolute atomic E-state index is 13.8. The van der Waals surface area contributed by atoms with Gasteiger partial charge in [0.2, 0.25) is 0 Å². The van der Waals surface area contributed by atoms with Gasteiger partial charge in [0.15, 0.2) is 9.84 Å². The van der Waals surface area contributed by atoms with Gasteiger partial charge < -0.3 is 9.16 Å². The van der Waals surface area contributed by atoms with Crippen molar-refractivity contribution < 1.29 is 17.6 Å². The molecule has 37 heavy (non-hydrogen) atoms. The Morgan fingerprint density at radius 2 is 1.14 bits per heavy atom. The fourth-order valence-corrected chi connectivity index (χ4v) is 12.5. The lowest BCUT2D eigenvalue weighted by molar-refractivity contribution is 0.0382. The van der Waals surface area contributed by atoms with Crippen molar-refractivity contribution in [3.8, 4) is 0 Å². The molecular formula is C31H34O4SSi. The Kier molecular flexibility index (Phi) is 8.77. The molecule has 0 spiro atoms. The highest BCUT2D eigenvalue weighted by molar-refractivity contribution is 7.93. The molecule has 4 aromatic rings. The molecule has 0 radical (unpaired) electrons. The van der Waals surface area contributed by atoms with E-state index >= 15 is 0 Å². The Hall–Kier alpha value is -3.03. The molecule has 0 aliphatic carbocycles. The van der Waals surface area contributed by atoms with E-state index in [0.717, 1.165) is 15.9 Å². The Morgan fingerprint density at radius 3 is 1.65 bits per heavy atom. The second-order valence-electron chi connectivity index (χ2n) is 9.78. The Balaban J connectivity index is 1.67. The fourth-order valence-electron chi connectivity index (χ4n) is 4.48. The highest BCUT2D eigenvalue weighted by atomic mass is 32.2. The molecule has 0 aliphatic rings. The first-order chi connectivity index (χ1) is 17.8. The highest BCUT2D eigenvalue weighted by Gasteiger charge is 2.47. The van der Waals surface area contributed by atoms with Crippen LogP contribution in [-0.4, -0.2) is 34.3 Å². The molecule has 4 aromatic carbocycles. The van der Waals surface area contributed by atoms with Gasteiger partial charge in [-0.15, -0.1) is 0 Å². The summed E-state index contributed by atoms with van der Waals surface area (Å²) in [7, 11) is -6.91. The summed E-state index contributed by atoms with van der Waals surface area (Å²) in [5.41, 5.74) is 0.494. The van der Waals surface area contributed by atoms with Crippen molar-refractivity contribution >= 4 is 28.5 Å². The van der Waals surface area contributed by atoms with Crippen LogP contribution < -0.4 is 10.4 Å². The fraction of sp³-hybridized carbons (Fsp3) is 0.226. The minimum absolute atomic E-state index is 0.0909. The van der Waals surface area contributed by atoms with Gasteiger partial charge in [0.1, 0.15) is 0 Å². The molecule has 0 N–H and O–H groups in total. The molecule has 4 nitrogen and oxygen atoms in total. The molecule has 192 valence electrons. The number of hydrogen-bond acceptors (Lipinski definition) is 4. The number of ether oxygens (including phenoxy) is 1. The molecule has 0 saturated carbocycles. The van der Waals surface area contributed by atoms with Crippen LogP contribution >= 0.6 is 0 Å². The van der Waals surface area contributed by atoms with E-state index in [-0.39, 0.29) is 5.38 Å². The third-order valence-electron chi connectivity index (χ3n) is 6.39. The smallest absolute Gasteiger partial charge is 0.271 e. The normalized spacial score (nSPS) is 12.4. The van der Waals surface area contributed by atoms with Crippen molar-refractivity contribution in [1.82, 2.24) is 0 Å². The average Bonchev–Trinajstić information content (AvgIpc) is 2.92. The lowest BCUT2D eigenvalue weighted by Crippen LogP contribution is -2.68. The molecule has 4 rings (SSSR count). The largest absolute Gasteiger partial charge is 0.402 e. The summed E-state index contributed by atoms with van der Waals surface area (Å²) >= 11 is 0. The molecule has 0 aromatic heterocycles. The SMILES string of the molecule is CC(C)(CCOCc1ccccc1)O[Si](CS(=O)(=O)c1ccccc1)(c1ccccc1)c1ccccc1. The average molecular weight is 531 g/mol. The quantitative estimate of drug-likeness (QED) is 0.188. The maximum Gasteiger partial charge on any atom is 0.271 e. The summed E-state index contributed by atoms with van der Waals surface area (Å²) in [5.74, 6) is 0. The standard InChI is InChI=1S/C31H34O4SSi/c1-31(2,23-24-34-25-27-15-7-3-8-16-27)35-37(29-19-11-5-12-20-29,30-21-13-6-14-22-30)26-36(32,33)28-17-9-4-10-18-28/h3-22H,23-26H2,1-2H3. The second kappa shape index (κ2) is 12.0. The predicted molar refractivity (Wildman–Crippen MR) is 152 cm³/mol. The highest BCUT2D eigenvalue weighted by Crippen LogP contribution is 2.25. The van der Waals surface area contributed by atoms with E-state index in [2.05, 4.69) is 0 Å². The summed E-state index contributed by atoms with van der Waals surface area (Å²) in [4.78, 5) is 0.311. The van der Waals surface area contributed by atoms with Crippen molar-refractivity contribution in [3.63, 3.8) is 0 Å². The molecule has 0 bridgehead atoms.